The Bertz CT molecular complexity index is 137. The van der Waals surface area contributed by atoms with Crippen LogP contribution in [0.5, 0.6) is 0 Å². The fourth-order valence-electron chi connectivity index (χ4n) is 2.00. The summed E-state index contributed by atoms with van der Waals surface area (Å²) in [6, 6.07) is 0. The molecule has 1 rings (SSSR count). The van der Waals surface area contributed by atoms with Crippen LogP contribution in [0, 0.1) is 5.92 Å². The van der Waals surface area contributed by atoms with Crippen LogP contribution >= 0.6 is 0 Å². The van der Waals surface area contributed by atoms with E-state index in [1.54, 1.807) is 0 Å². The fourth-order valence-corrected chi connectivity index (χ4v) is 2.00. The van der Waals surface area contributed by atoms with E-state index in [1.807, 2.05) is 0 Å². The minimum absolute atomic E-state index is 0.360. The van der Waals surface area contributed by atoms with Crippen LogP contribution in [0.4, 0.5) is 0 Å². The largest absolute Gasteiger partial charge is 0.390 e. The third-order valence-electron chi connectivity index (χ3n) is 2.71. The summed E-state index contributed by atoms with van der Waals surface area (Å²) < 4.78 is 0. The molecule has 0 unspecified atom stereocenters. The number of piperidine rings is 1. The Hall–Kier alpha value is -0.0800. The van der Waals surface area contributed by atoms with Gasteiger partial charge in [-0.05, 0) is 32.2 Å². The highest BCUT2D eigenvalue weighted by molar-refractivity contribution is 4.85. The standard InChI is InChI=1S/C10H21NO/c1-9(2)8-10(12)4-6-11(3)7-5-10/h9,12H,4-8H2,1-3H3. The molecule has 0 aliphatic carbocycles. The third-order valence-corrected chi connectivity index (χ3v) is 2.71. The average molecular weight is 171 g/mol. The van der Waals surface area contributed by atoms with Gasteiger partial charge in [0.15, 0.2) is 0 Å². The molecule has 0 saturated carbocycles. The number of rotatable bonds is 2. The Morgan fingerprint density at radius 1 is 1.33 bits per heavy atom. The van der Waals surface area contributed by atoms with Crippen LogP contribution in [-0.4, -0.2) is 35.7 Å². The summed E-state index contributed by atoms with van der Waals surface area (Å²) in [7, 11) is 2.12. The third kappa shape index (κ3) is 2.76. The van der Waals surface area contributed by atoms with E-state index in [9.17, 15) is 5.11 Å². The van der Waals surface area contributed by atoms with E-state index in [-0.39, 0.29) is 5.60 Å². The molecule has 1 saturated heterocycles. The Morgan fingerprint density at radius 3 is 2.25 bits per heavy atom. The molecule has 1 N–H and O–H groups in total. The highest BCUT2D eigenvalue weighted by atomic mass is 16.3. The van der Waals surface area contributed by atoms with Crippen molar-refractivity contribution in [2.24, 2.45) is 5.92 Å². The lowest BCUT2D eigenvalue weighted by atomic mass is 9.84. The lowest BCUT2D eigenvalue weighted by molar-refractivity contribution is -0.0311. The smallest absolute Gasteiger partial charge is 0.0674 e. The van der Waals surface area contributed by atoms with Gasteiger partial charge < -0.3 is 10.0 Å². The van der Waals surface area contributed by atoms with E-state index in [1.165, 1.54) is 0 Å². The van der Waals surface area contributed by atoms with E-state index in [4.69, 9.17) is 0 Å². The van der Waals surface area contributed by atoms with Gasteiger partial charge in [-0.3, -0.25) is 0 Å². The summed E-state index contributed by atoms with van der Waals surface area (Å²) in [5.41, 5.74) is -0.360. The second kappa shape index (κ2) is 3.75. The van der Waals surface area contributed by atoms with Gasteiger partial charge in [-0.15, -0.1) is 0 Å². The summed E-state index contributed by atoms with van der Waals surface area (Å²) >= 11 is 0. The molecule has 72 valence electrons. The molecule has 0 aromatic rings. The van der Waals surface area contributed by atoms with Gasteiger partial charge >= 0.3 is 0 Å². The summed E-state index contributed by atoms with van der Waals surface area (Å²) in [4.78, 5) is 2.29. The first-order chi connectivity index (χ1) is 5.52. The highest BCUT2D eigenvalue weighted by Crippen LogP contribution is 2.27. The molecule has 0 amide bonds. The van der Waals surface area contributed by atoms with Gasteiger partial charge in [0.05, 0.1) is 5.60 Å². The molecule has 0 bridgehead atoms. The van der Waals surface area contributed by atoms with Crippen molar-refractivity contribution in [3.63, 3.8) is 0 Å². The van der Waals surface area contributed by atoms with E-state index in [0.717, 1.165) is 32.4 Å². The quantitative estimate of drug-likeness (QED) is 0.680. The SMILES string of the molecule is CC(C)CC1(O)CCN(C)CC1. The lowest BCUT2D eigenvalue weighted by Crippen LogP contribution is -2.43. The highest BCUT2D eigenvalue weighted by Gasteiger charge is 2.31. The van der Waals surface area contributed by atoms with Crippen LogP contribution in [0.25, 0.3) is 0 Å². The van der Waals surface area contributed by atoms with Crippen molar-refractivity contribution in [2.75, 3.05) is 20.1 Å². The average Bonchev–Trinajstić information content (AvgIpc) is 1.94. The normalized spacial score (nSPS) is 24.8. The number of nitrogens with zero attached hydrogens (tertiary/aromatic N) is 1. The molecule has 1 aliphatic heterocycles. The van der Waals surface area contributed by atoms with Crippen LogP contribution in [0.2, 0.25) is 0 Å². The first-order valence-corrected chi connectivity index (χ1v) is 4.93. The molecule has 2 nitrogen and oxygen atoms in total. The summed E-state index contributed by atoms with van der Waals surface area (Å²) in [5.74, 6) is 0.610. The van der Waals surface area contributed by atoms with E-state index < -0.39 is 0 Å². The second-order valence-electron chi connectivity index (χ2n) is 4.63. The van der Waals surface area contributed by atoms with Gasteiger partial charge in [0.1, 0.15) is 0 Å². The maximum atomic E-state index is 10.1. The van der Waals surface area contributed by atoms with Crippen molar-refractivity contribution in [1.29, 1.82) is 0 Å². The van der Waals surface area contributed by atoms with E-state index in [2.05, 4.69) is 25.8 Å². The van der Waals surface area contributed by atoms with Crippen molar-refractivity contribution in [1.82, 2.24) is 4.90 Å². The summed E-state index contributed by atoms with van der Waals surface area (Å²) in [6.45, 7) is 6.44. The molecule has 1 heterocycles. The molecule has 1 aliphatic rings. The van der Waals surface area contributed by atoms with Crippen molar-refractivity contribution < 1.29 is 5.11 Å². The van der Waals surface area contributed by atoms with Gasteiger partial charge in [-0.2, -0.15) is 0 Å². The van der Waals surface area contributed by atoms with Crippen LogP contribution in [0.15, 0.2) is 0 Å². The Morgan fingerprint density at radius 2 is 1.83 bits per heavy atom. The first-order valence-electron chi connectivity index (χ1n) is 4.93. The van der Waals surface area contributed by atoms with Crippen LogP contribution in [-0.2, 0) is 0 Å². The van der Waals surface area contributed by atoms with Gasteiger partial charge in [-0.25, -0.2) is 0 Å². The molecule has 0 radical (unpaired) electrons. The minimum atomic E-state index is -0.360. The lowest BCUT2D eigenvalue weighted by Gasteiger charge is -2.37. The predicted octanol–water partition coefficient (Wildman–Crippen LogP) is 1.49. The number of aliphatic hydroxyl groups is 1. The summed E-state index contributed by atoms with van der Waals surface area (Å²) in [5, 5.41) is 10.1. The zero-order chi connectivity index (χ0) is 9.19. The van der Waals surface area contributed by atoms with Gasteiger partial charge in [0, 0.05) is 13.1 Å². The molecule has 0 aromatic carbocycles. The molecule has 0 spiro atoms. The summed E-state index contributed by atoms with van der Waals surface area (Å²) in [6.07, 6.45) is 2.85. The van der Waals surface area contributed by atoms with E-state index >= 15 is 0 Å². The maximum Gasteiger partial charge on any atom is 0.0674 e. The van der Waals surface area contributed by atoms with Crippen molar-refractivity contribution in [3.8, 4) is 0 Å². The monoisotopic (exact) mass is 171 g/mol. The van der Waals surface area contributed by atoms with Crippen molar-refractivity contribution in [3.05, 3.63) is 0 Å². The number of hydrogen-bond donors (Lipinski definition) is 1. The minimum Gasteiger partial charge on any atom is -0.390 e. The van der Waals surface area contributed by atoms with Gasteiger partial charge in [0.25, 0.3) is 0 Å². The van der Waals surface area contributed by atoms with Crippen LogP contribution in [0.3, 0.4) is 0 Å². The van der Waals surface area contributed by atoms with Crippen LogP contribution in [0.1, 0.15) is 33.1 Å². The number of likely N-dealkylation sites (tertiary alicyclic amines) is 1. The zero-order valence-corrected chi connectivity index (χ0v) is 8.51. The first kappa shape index (κ1) is 10.0. The fraction of sp³-hybridized carbons (Fsp3) is 1.00. The van der Waals surface area contributed by atoms with Crippen molar-refractivity contribution >= 4 is 0 Å². The topological polar surface area (TPSA) is 23.5 Å². The molecule has 0 atom stereocenters. The van der Waals surface area contributed by atoms with Crippen molar-refractivity contribution in [2.45, 2.75) is 38.7 Å². The Labute approximate surface area is 75.6 Å². The maximum absolute atomic E-state index is 10.1. The van der Waals surface area contributed by atoms with Gasteiger partial charge in [-0.1, -0.05) is 13.8 Å². The van der Waals surface area contributed by atoms with Crippen LogP contribution < -0.4 is 0 Å². The van der Waals surface area contributed by atoms with E-state index in [0.29, 0.717) is 5.92 Å². The molecular formula is C10H21NO. The molecule has 12 heavy (non-hydrogen) atoms. The number of hydrogen-bond acceptors (Lipinski definition) is 2. The molecule has 0 aromatic heterocycles. The predicted molar refractivity (Wildman–Crippen MR) is 51.1 cm³/mol. The van der Waals surface area contributed by atoms with Gasteiger partial charge in [0.2, 0.25) is 0 Å². The zero-order valence-electron chi connectivity index (χ0n) is 8.51. The second-order valence-corrected chi connectivity index (χ2v) is 4.63. The Kier molecular flexibility index (Phi) is 3.13. The molecule has 2 heteroatoms. The molecule has 1 fully saturated rings. The Balaban J connectivity index is 2.39. The molecular weight excluding hydrogens is 150 g/mol.